The zero-order valence-electron chi connectivity index (χ0n) is 9.02. The lowest BCUT2D eigenvalue weighted by atomic mass is 10.1. The van der Waals surface area contributed by atoms with Crippen LogP contribution in [0.2, 0.25) is 0 Å². The number of benzene rings is 1. The van der Waals surface area contributed by atoms with Gasteiger partial charge in [0.15, 0.2) is 0 Å². The third-order valence-electron chi connectivity index (χ3n) is 2.20. The van der Waals surface area contributed by atoms with Gasteiger partial charge in [-0.2, -0.15) is 13.2 Å². The molecule has 2 nitrogen and oxygen atoms in total. The van der Waals surface area contributed by atoms with Crippen molar-refractivity contribution < 1.29 is 22.7 Å². The molecule has 6 heteroatoms. The van der Waals surface area contributed by atoms with E-state index in [1.165, 1.54) is 0 Å². The maximum absolute atomic E-state index is 13.2. The van der Waals surface area contributed by atoms with E-state index in [9.17, 15) is 17.6 Å². The Balaban J connectivity index is 2.70. The number of aliphatic hydroxyl groups is 1. The highest BCUT2D eigenvalue weighted by molar-refractivity contribution is 5.27. The monoisotopic (exact) mass is 251 g/mol. The van der Waals surface area contributed by atoms with Crippen molar-refractivity contribution in [2.45, 2.75) is 19.1 Å². The summed E-state index contributed by atoms with van der Waals surface area (Å²) >= 11 is 0. The van der Waals surface area contributed by atoms with E-state index in [2.05, 4.69) is 5.32 Å². The molecule has 0 bridgehead atoms. The number of alkyl halides is 3. The van der Waals surface area contributed by atoms with E-state index in [1.54, 1.807) is 0 Å². The molecule has 17 heavy (non-hydrogen) atoms. The molecule has 0 aliphatic rings. The van der Waals surface area contributed by atoms with Gasteiger partial charge in [-0.3, -0.25) is 0 Å². The van der Waals surface area contributed by atoms with Gasteiger partial charge in [0.2, 0.25) is 0 Å². The standard InChI is InChI=1S/C11H13F4NO/c12-10-3-2-9(11(13,14)15)6-8(10)7-16-4-1-5-17/h2-3,6,16-17H,1,4-5,7H2. The van der Waals surface area contributed by atoms with Gasteiger partial charge in [-0.15, -0.1) is 0 Å². The van der Waals surface area contributed by atoms with Crippen LogP contribution in [0.25, 0.3) is 0 Å². The first-order valence-corrected chi connectivity index (χ1v) is 5.12. The number of hydrogen-bond donors (Lipinski definition) is 2. The number of aliphatic hydroxyl groups excluding tert-OH is 1. The zero-order valence-corrected chi connectivity index (χ0v) is 9.02. The Bertz CT molecular complexity index is 365. The van der Waals surface area contributed by atoms with E-state index in [0.717, 1.165) is 12.1 Å². The normalized spacial score (nSPS) is 11.8. The lowest BCUT2D eigenvalue weighted by Crippen LogP contribution is -2.17. The van der Waals surface area contributed by atoms with Crippen LogP contribution in [0.15, 0.2) is 18.2 Å². The average Bonchev–Trinajstić information content (AvgIpc) is 2.25. The molecule has 96 valence electrons. The van der Waals surface area contributed by atoms with Crippen LogP contribution in [0.5, 0.6) is 0 Å². The number of nitrogens with one attached hydrogen (secondary N) is 1. The molecule has 0 aromatic heterocycles. The summed E-state index contributed by atoms with van der Waals surface area (Å²) < 4.78 is 50.3. The van der Waals surface area contributed by atoms with Crippen molar-refractivity contribution in [3.63, 3.8) is 0 Å². The number of rotatable bonds is 5. The van der Waals surface area contributed by atoms with Crippen molar-refractivity contribution in [1.29, 1.82) is 0 Å². The lowest BCUT2D eigenvalue weighted by molar-refractivity contribution is -0.137. The fourth-order valence-corrected chi connectivity index (χ4v) is 1.31. The Morgan fingerprint density at radius 3 is 2.53 bits per heavy atom. The molecule has 0 radical (unpaired) electrons. The molecule has 0 unspecified atom stereocenters. The Labute approximate surface area is 96.3 Å². The van der Waals surface area contributed by atoms with Crippen LogP contribution in [0.3, 0.4) is 0 Å². The van der Waals surface area contributed by atoms with E-state index in [4.69, 9.17) is 5.11 Å². The quantitative estimate of drug-likeness (QED) is 0.621. The summed E-state index contributed by atoms with van der Waals surface area (Å²) in [5, 5.41) is 11.3. The Morgan fingerprint density at radius 2 is 1.94 bits per heavy atom. The second kappa shape index (κ2) is 5.97. The maximum atomic E-state index is 13.2. The van der Waals surface area contributed by atoms with Crippen molar-refractivity contribution in [2.75, 3.05) is 13.2 Å². The highest BCUT2D eigenvalue weighted by atomic mass is 19.4. The van der Waals surface area contributed by atoms with Crippen LogP contribution in [-0.4, -0.2) is 18.3 Å². The van der Waals surface area contributed by atoms with Crippen molar-refractivity contribution in [1.82, 2.24) is 5.32 Å². The molecule has 2 N–H and O–H groups in total. The minimum atomic E-state index is -4.46. The van der Waals surface area contributed by atoms with E-state index >= 15 is 0 Å². The van der Waals surface area contributed by atoms with Crippen molar-refractivity contribution in [3.05, 3.63) is 35.1 Å². The van der Waals surface area contributed by atoms with Gasteiger partial charge in [-0.05, 0) is 31.2 Å². The van der Waals surface area contributed by atoms with Gasteiger partial charge in [0.05, 0.1) is 5.56 Å². The van der Waals surface area contributed by atoms with E-state index < -0.39 is 17.6 Å². The van der Waals surface area contributed by atoms with Crippen LogP contribution in [0.4, 0.5) is 17.6 Å². The summed E-state index contributed by atoms with van der Waals surface area (Å²) in [5.41, 5.74) is -0.893. The molecule has 0 amide bonds. The molecule has 0 heterocycles. The van der Waals surface area contributed by atoms with Gasteiger partial charge < -0.3 is 10.4 Å². The number of hydrogen-bond acceptors (Lipinski definition) is 2. The minimum absolute atomic E-state index is 0.00968. The summed E-state index contributed by atoms with van der Waals surface area (Å²) in [4.78, 5) is 0. The van der Waals surface area contributed by atoms with Gasteiger partial charge >= 0.3 is 6.18 Å². The zero-order chi connectivity index (χ0) is 12.9. The summed E-state index contributed by atoms with van der Waals surface area (Å²) in [5.74, 6) is -0.672. The molecule has 0 saturated carbocycles. The van der Waals surface area contributed by atoms with Crippen LogP contribution in [0.1, 0.15) is 17.5 Å². The van der Waals surface area contributed by atoms with Crippen LogP contribution in [0, 0.1) is 5.82 Å². The maximum Gasteiger partial charge on any atom is 0.416 e. The van der Waals surface area contributed by atoms with Crippen molar-refractivity contribution >= 4 is 0 Å². The third-order valence-corrected chi connectivity index (χ3v) is 2.20. The van der Waals surface area contributed by atoms with Crippen molar-refractivity contribution in [3.8, 4) is 0 Å². The smallest absolute Gasteiger partial charge is 0.396 e. The molecule has 1 rings (SSSR count). The minimum Gasteiger partial charge on any atom is -0.396 e. The Morgan fingerprint density at radius 1 is 1.24 bits per heavy atom. The predicted octanol–water partition coefficient (Wildman–Crippen LogP) is 2.32. The second-order valence-corrected chi connectivity index (χ2v) is 3.56. The highest BCUT2D eigenvalue weighted by Crippen LogP contribution is 2.30. The average molecular weight is 251 g/mol. The molecular formula is C11H13F4NO. The molecule has 0 fully saturated rings. The van der Waals surface area contributed by atoms with Gasteiger partial charge in [0.1, 0.15) is 5.82 Å². The Kier molecular flexibility index (Phi) is 4.89. The van der Waals surface area contributed by atoms with Gasteiger partial charge in [0.25, 0.3) is 0 Å². The van der Waals surface area contributed by atoms with E-state index in [0.29, 0.717) is 19.0 Å². The molecule has 1 aromatic rings. The van der Waals surface area contributed by atoms with Crippen LogP contribution in [-0.2, 0) is 12.7 Å². The molecule has 0 aliphatic heterocycles. The summed E-state index contributed by atoms with van der Waals surface area (Å²) in [6, 6.07) is 2.32. The fraction of sp³-hybridized carbons (Fsp3) is 0.455. The second-order valence-electron chi connectivity index (χ2n) is 3.56. The molecule has 0 spiro atoms. The summed E-state index contributed by atoms with van der Waals surface area (Å²) in [6.45, 7) is 0.417. The topological polar surface area (TPSA) is 32.3 Å². The molecule has 0 aliphatic carbocycles. The Hall–Kier alpha value is -1.14. The van der Waals surface area contributed by atoms with Gasteiger partial charge in [-0.1, -0.05) is 0 Å². The summed E-state index contributed by atoms with van der Waals surface area (Å²) in [7, 11) is 0. The first-order chi connectivity index (χ1) is 7.95. The predicted molar refractivity (Wildman–Crippen MR) is 54.8 cm³/mol. The van der Waals surface area contributed by atoms with Crippen LogP contribution >= 0.6 is 0 Å². The van der Waals surface area contributed by atoms with E-state index in [-0.39, 0.29) is 18.7 Å². The first-order valence-electron chi connectivity index (χ1n) is 5.12. The first kappa shape index (κ1) is 13.9. The SMILES string of the molecule is OCCCNCc1cc(C(F)(F)F)ccc1F. The lowest BCUT2D eigenvalue weighted by Gasteiger charge is -2.10. The van der Waals surface area contributed by atoms with Crippen LogP contribution < -0.4 is 5.32 Å². The third kappa shape index (κ3) is 4.32. The highest BCUT2D eigenvalue weighted by Gasteiger charge is 2.30. The van der Waals surface area contributed by atoms with Gasteiger partial charge in [-0.25, -0.2) is 4.39 Å². The molecule has 0 saturated heterocycles. The van der Waals surface area contributed by atoms with Gasteiger partial charge in [0, 0.05) is 18.7 Å². The van der Waals surface area contributed by atoms with E-state index in [1.807, 2.05) is 0 Å². The summed E-state index contributed by atoms with van der Waals surface area (Å²) in [6.07, 6.45) is -3.99. The van der Waals surface area contributed by atoms with Crippen molar-refractivity contribution in [2.24, 2.45) is 0 Å². The number of halogens is 4. The largest absolute Gasteiger partial charge is 0.416 e. The molecular weight excluding hydrogens is 238 g/mol. The molecule has 0 atom stereocenters. The molecule has 1 aromatic carbocycles. The fourth-order valence-electron chi connectivity index (χ4n) is 1.31.